The number of nitrogens with zero attached hydrogens (tertiary/aromatic N) is 1. The zero-order valence-electron chi connectivity index (χ0n) is 11.6. The lowest BCUT2D eigenvalue weighted by molar-refractivity contribution is 0.625. The zero-order chi connectivity index (χ0) is 14.0. The Kier molecular flexibility index (Phi) is 3.86. The highest BCUT2D eigenvalue weighted by atomic mass is 19.1. The molecule has 0 aliphatic carbocycles. The number of benzene rings is 2. The van der Waals surface area contributed by atoms with Crippen molar-refractivity contribution in [2.45, 2.75) is 20.4 Å². The highest BCUT2D eigenvalue weighted by Crippen LogP contribution is 2.30. The molecular weight excluding hydrogens is 239 g/mol. The van der Waals surface area contributed by atoms with E-state index in [-0.39, 0.29) is 5.82 Å². The summed E-state index contributed by atoms with van der Waals surface area (Å²) in [7, 11) is 1.87. The Balaban J connectivity index is 2.52. The highest BCUT2D eigenvalue weighted by Gasteiger charge is 2.14. The third-order valence-corrected chi connectivity index (χ3v) is 3.22. The Labute approximate surface area is 113 Å². The van der Waals surface area contributed by atoms with Crippen molar-refractivity contribution in [2.75, 3.05) is 11.9 Å². The van der Waals surface area contributed by atoms with E-state index in [1.165, 1.54) is 6.07 Å². The van der Waals surface area contributed by atoms with Gasteiger partial charge in [0.1, 0.15) is 5.82 Å². The topological polar surface area (TPSA) is 29.3 Å². The summed E-state index contributed by atoms with van der Waals surface area (Å²) in [6, 6.07) is 11.2. The van der Waals surface area contributed by atoms with Crippen LogP contribution in [-0.2, 0) is 6.54 Å². The Morgan fingerprint density at radius 2 is 1.74 bits per heavy atom. The summed E-state index contributed by atoms with van der Waals surface area (Å²) < 4.78 is 14.1. The summed E-state index contributed by atoms with van der Waals surface area (Å²) in [4.78, 5) is 1.86. The van der Waals surface area contributed by atoms with Crippen LogP contribution in [0.2, 0.25) is 0 Å². The minimum atomic E-state index is -0.246. The van der Waals surface area contributed by atoms with Gasteiger partial charge in [-0.15, -0.1) is 0 Å². The first-order valence-corrected chi connectivity index (χ1v) is 6.32. The van der Waals surface area contributed by atoms with Crippen LogP contribution >= 0.6 is 0 Å². The molecular formula is C16H19FN2. The molecule has 0 aliphatic heterocycles. The maximum atomic E-state index is 14.1. The van der Waals surface area contributed by atoms with Crippen LogP contribution in [0.15, 0.2) is 36.4 Å². The molecule has 100 valence electrons. The molecule has 0 unspecified atom stereocenters. The van der Waals surface area contributed by atoms with Crippen LogP contribution < -0.4 is 10.6 Å². The van der Waals surface area contributed by atoms with E-state index in [1.807, 2.05) is 44.0 Å². The van der Waals surface area contributed by atoms with Gasteiger partial charge >= 0.3 is 0 Å². The minimum Gasteiger partial charge on any atom is -0.342 e. The van der Waals surface area contributed by atoms with Crippen molar-refractivity contribution in [3.8, 4) is 0 Å². The SMILES string of the molecule is Cc1cc(C)cc(N(C)c2c(F)cccc2CN)c1. The van der Waals surface area contributed by atoms with Gasteiger partial charge in [-0.2, -0.15) is 0 Å². The molecule has 0 bridgehead atoms. The van der Waals surface area contributed by atoms with E-state index in [4.69, 9.17) is 5.73 Å². The second-order valence-electron chi connectivity index (χ2n) is 4.86. The number of aryl methyl sites for hydroxylation is 2. The maximum absolute atomic E-state index is 14.1. The highest BCUT2D eigenvalue weighted by molar-refractivity contribution is 5.67. The quantitative estimate of drug-likeness (QED) is 0.910. The van der Waals surface area contributed by atoms with Crippen molar-refractivity contribution >= 4 is 11.4 Å². The van der Waals surface area contributed by atoms with Crippen LogP contribution in [0.4, 0.5) is 15.8 Å². The Morgan fingerprint density at radius 3 is 2.32 bits per heavy atom. The van der Waals surface area contributed by atoms with Gasteiger partial charge in [0, 0.05) is 19.3 Å². The fourth-order valence-electron chi connectivity index (χ4n) is 2.37. The van der Waals surface area contributed by atoms with E-state index >= 15 is 0 Å². The number of para-hydroxylation sites is 1. The maximum Gasteiger partial charge on any atom is 0.147 e. The van der Waals surface area contributed by atoms with Crippen LogP contribution in [0.1, 0.15) is 16.7 Å². The van der Waals surface area contributed by atoms with Crippen LogP contribution in [-0.4, -0.2) is 7.05 Å². The summed E-state index contributed by atoms with van der Waals surface area (Å²) in [6.07, 6.45) is 0. The lowest BCUT2D eigenvalue weighted by Crippen LogP contribution is -2.15. The van der Waals surface area contributed by atoms with Crippen LogP contribution in [0.3, 0.4) is 0 Å². The summed E-state index contributed by atoms with van der Waals surface area (Å²) in [5.41, 5.74) is 10.3. The number of anilines is 2. The standard InChI is InChI=1S/C16H19FN2/c1-11-7-12(2)9-14(8-11)19(3)16-13(10-18)5-4-6-15(16)17/h4-9H,10,18H2,1-3H3. The van der Waals surface area contributed by atoms with Crippen molar-refractivity contribution in [2.24, 2.45) is 5.73 Å². The minimum absolute atomic E-state index is 0.246. The molecule has 0 aliphatic rings. The molecule has 2 nitrogen and oxygen atoms in total. The van der Waals surface area contributed by atoms with E-state index < -0.39 is 0 Å². The number of nitrogens with two attached hydrogens (primary N) is 1. The van der Waals surface area contributed by atoms with Gasteiger partial charge in [-0.3, -0.25) is 0 Å². The van der Waals surface area contributed by atoms with Gasteiger partial charge in [-0.25, -0.2) is 4.39 Å². The normalized spacial score (nSPS) is 10.6. The lowest BCUT2D eigenvalue weighted by atomic mass is 10.1. The van der Waals surface area contributed by atoms with Crippen molar-refractivity contribution < 1.29 is 4.39 Å². The average Bonchev–Trinajstić information content (AvgIpc) is 2.36. The number of hydrogen-bond donors (Lipinski definition) is 1. The molecule has 0 fully saturated rings. The van der Waals surface area contributed by atoms with E-state index in [1.54, 1.807) is 6.07 Å². The Morgan fingerprint density at radius 1 is 1.11 bits per heavy atom. The van der Waals surface area contributed by atoms with Gasteiger partial charge in [0.15, 0.2) is 0 Å². The molecule has 0 saturated heterocycles. The van der Waals surface area contributed by atoms with Crippen molar-refractivity contribution in [3.63, 3.8) is 0 Å². The van der Waals surface area contributed by atoms with E-state index in [0.29, 0.717) is 12.2 Å². The number of rotatable bonds is 3. The summed E-state index contributed by atoms with van der Waals surface area (Å²) in [5.74, 6) is -0.246. The summed E-state index contributed by atoms with van der Waals surface area (Å²) in [6.45, 7) is 4.40. The molecule has 3 heteroatoms. The zero-order valence-corrected chi connectivity index (χ0v) is 11.6. The van der Waals surface area contributed by atoms with Crippen LogP contribution in [0, 0.1) is 19.7 Å². The first-order chi connectivity index (χ1) is 9.02. The third-order valence-electron chi connectivity index (χ3n) is 3.22. The Hall–Kier alpha value is -1.87. The molecule has 0 radical (unpaired) electrons. The predicted molar refractivity (Wildman–Crippen MR) is 78.3 cm³/mol. The molecule has 0 aromatic heterocycles. The van der Waals surface area contributed by atoms with E-state index in [0.717, 1.165) is 22.4 Å². The first kappa shape index (κ1) is 13.6. The van der Waals surface area contributed by atoms with Crippen LogP contribution in [0.25, 0.3) is 0 Å². The van der Waals surface area contributed by atoms with Gasteiger partial charge in [0.25, 0.3) is 0 Å². The lowest BCUT2D eigenvalue weighted by Gasteiger charge is -2.23. The van der Waals surface area contributed by atoms with Gasteiger partial charge in [0.05, 0.1) is 5.69 Å². The number of hydrogen-bond acceptors (Lipinski definition) is 2. The fourth-order valence-corrected chi connectivity index (χ4v) is 2.37. The monoisotopic (exact) mass is 258 g/mol. The second-order valence-corrected chi connectivity index (χ2v) is 4.86. The molecule has 0 amide bonds. The van der Waals surface area contributed by atoms with Gasteiger partial charge in [-0.05, 0) is 48.7 Å². The first-order valence-electron chi connectivity index (χ1n) is 6.32. The largest absolute Gasteiger partial charge is 0.342 e. The van der Waals surface area contributed by atoms with Gasteiger partial charge < -0.3 is 10.6 Å². The third kappa shape index (κ3) is 2.76. The molecule has 0 atom stereocenters. The van der Waals surface area contributed by atoms with Crippen molar-refractivity contribution in [1.29, 1.82) is 0 Å². The molecule has 2 rings (SSSR count). The molecule has 19 heavy (non-hydrogen) atoms. The molecule has 2 aromatic carbocycles. The van der Waals surface area contributed by atoms with E-state index in [9.17, 15) is 4.39 Å². The Bertz CT molecular complexity index is 573. The van der Waals surface area contributed by atoms with Gasteiger partial charge in [-0.1, -0.05) is 18.2 Å². The van der Waals surface area contributed by atoms with Crippen molar-refractivity contribution in [1.82, 2.24) is 0 Å². The van der Waals surface area contributed by atoms with Crippen molar-refractivity contribution in [3.05, 3.63) is 58.9 Å². The molecule has 0 spiro atoms. The predicted octanol–water partition coefficient (Wildman–Crippen LogP) is 3.67. The average molecular weight is 258 g/mol. The summed E-state index contributed by atoms with van der Waals surface area (Å²) >= 11 is 0. The molecule has 0 saturated carbocycles. The second kappa shape index (κ2) is 5.41. The smallest absolute Gasteiger partial charge is 0.147 e. The van der Waals surface area contributed by atoms with E-state index in [2.05, 4.69) is 6.07 Å². The number of halogens is 1. The molecule has 2 aromatic rings. The summed E-state index contributed by atoms with van der Waals surface area (Å²) in [5, 5.41) is 0. The molecule has 2 N–H and O–H groups in total. The van der Waals surface area contributed by atoms with Gasteiger partial charge in [0.2, 0.25) is 0 Å². The molecule has 0 heterocycles. The van der Waals surface area contributed by atoms with Crippen LogP contribution in [0.5, 0.6) is 0 Å². The fraction of sp³-hybridized carbons (Fsp3) is 0.250.